The molecule has 250 valence electrons. The van der Waals surface area contributed by atoms with E-state index in [0.29, 0.717) is 11.3 Å². The zero-order valence-electron chi connectivity index (χ0n) is 24.7. The number of carbonyl (C=O) groups is 3. The number of nitrogens with one attached hydrogen (secondary N) is 3. The molecule has 3 aromatic rings. The van der Waals surface area contributed by atoms with Crippen molar-refractivity contribution in [2.45, 2.75) is 57.4 Å². The van der Waals surface area contributed by atoms with Gasteiger partial charge >= 0.3 is 18.2 Å². The number of benzene rings is 1. The van der Waals surface area contributed by atoms with Crippen LogP contribution in [0.15, 0.2) is 24.4 Å². The summed E-state index contributed by atoms with van der Waals surface area (Å²) in [6, 6.07) is 0.967. The molecule has 1 unspecified atom stereocenters. The number of rotatable bonds is 6. The second kappa shape index (κ2) is 12.8. The fourth-order valence-electron chi connectivity index (χ4n) is 4.54. The van der Waals surface area contributed by atoms with Crippen molar-refractivity contribution in [3.63, 3.8) is 0 Å². The fourth-order valence-corrected chi connectivity index (χ4v) is 5.53. The van der Waals surface area contributed by atoms with Crippen molar-refractivity contribution in [1.82, 2.24) is 20.1 Å². The normalized spacial score (nSPS) is 16.8. The molecule has 3 N–H and O–H groups in total. The van der Waals surface area contributed by atoms with Gasteiger partial charge in [0, 0.05) is 26.6 Å². The predicted octanol–water partition coefficient (Wildman–Crippen LogP) is 5.70. The third-order valence-corrected chi connectivity index (χ3v) is 7.55. The third kappa shape index (κ3) is 7.86. The molecule has 0 radical (unpaired) electrons. The molecule has 46 heavy (non-hydrogen) atoms. The average molecular weight is 680 g/mol. The predicted molar refractivity (Wildman–Crippen MR) is 153 cm³/mol. The second-order valence-corrected chi connectivity index (χ2v) is 12.2. The number of aromatic nitrogens is 3. The lowest BCUT2D eigenvalue weighted by atomic mass is 10.1. The number of hydrogen-bond donors (Lipinski definition) is 3. The number of thiazole rings is 1. The zero-order chi connectivity index (χ0) is 34.2. The molecule has 3 amide bonds. The van der Waals surface area contributed by atoms with Crippen LogP contribution in [-0.4, -0.2) is 69.5 Å². The fraction of sp³-hybridized carbons (Fsp3) is 0.444. The number of amides is 3. The van der Waals surface area contributed by atoms with Crippen LogP contribution in [0, 0.1) is 11.6 Å². The maximum absolute atomic E-state index is 14.8. The molecule has 0 aliphatic carbocycles. The SMILES string of the molecule is Cn1ncc(NC(=O)c2nc(-c3c(F)cccc3F)sc2NC(=O)OC(C)(C)C)c1N1CCC(NC(=O)C(F)(F)F)C(F)(F)CC1. The molecule has 2 aromatic heterocycles. The minimum absolute atomic E-state index is 0.0385. The van der Waals surface area contributed by atoms with Gasteiger partial charge in [-0.3, -0.25) is 19.6 Å². The van der Waals surface area contributed by atoms with Gasteiger partial charge in [-0.25, -0.2) is 27.3 Å². The monoisotopic (exact) mass is 679 g/mol. The van der Waals surface area contributed by atoms with Gasteiger partial charge in [-0.1, -0.05) is 17.4 Å². The summed E-state index contributed by atoms with van der Waals surface area (Å²) in [7, 11) is 1.42. The Balaban J connectivity index is 1.63. The second-order valence-electron chi connectivity index (χ2n) is 11.2. The summed E-state index contributed by atoms with van der Waals surface area (Å²) in [5.74, 6) is -9.06. The minimum atomic E-state index is -5.35. The van der Waals surface area contributed by atoms with Crippen LogP contribution < -0.4 is 20.9 Å². The van der Waals surface area contributed by atoms with Gasteiger partial charge in [-0.15, -0.1) is 0 Å². The Labute approximate surface area is 261 Å². The smallest absolute Gasteiger partial charge is 0.444 e. The van der Waals surface area contributed by atoms with E-state index >= 15 is 0 Å². The van der Waals surface area contributed by atoms with Crippen LogP contribution in [0.25, 0.3) is 10.6 Å². The van der Waals surface area contributed by atoms with Gasteiger partial charge in [0.2, 0.25) is 0 Å². The number of nitrogens with zero attached hydrogens (tertiary/aromatic N) is 4. The molecule has 0 bridgehead atoms. The number of alkyl halides is 5. The van der Waals surface area contributed by atoms with Gasteiger partial charge in [0.25, 0.3) is 11.8 Å². The van der Waals surface area contributed by atoms with Crippen LogP contribution in [0.3, 0.4) is 0 Å². The molecule has 0 saturated carbocycles. The van der Waals surface area contributed by atoms with Crippen molar-refractivity contribution < 1.29 is 49.9 Å². The van der Waals surface area contributed by atoms with Crippen LogP contribution in [0.2, 0.25) is 0 Å². The molecular weight excluding hydrogens is 651 g/mol. The first-order valence-corrected chi connectivity index (χ1v) is 14.4. The first-order valence-electron chi connectivity index (χ1n) is 13.6. The van der Waals surface area contributed by atoms with E-state index < -0.39 is 83.9 Å². The maximum Gasteiger partial charge on any atom is 0.471 e. The lowest BCUT2D eigenvalue weighted by Crippen LogP contribution is -2.51. The molecular formula is C27H28F7N7O4S. The largest absolute Gasteiger partial charge is 0.471 e. The molecule has 1 aromatic carbocycles. The van der Waals surface area contributed by atoms with Crippen molar-refractivity contribution in [2.24, 2.45) is 7.05 Å². The van der Waals surface area contributed by atoms with Gasteiger partial charge in [-0.05, 0) is 39.3 Å². The van der Waals surface area contributed by atoms with Crippen molar-refractivity contribution in [2.75, 3.05) is 28.6 Å². The number of aryl methyl sites for hydroxylation is 1. The molecule has 1 saturated heterocycles. The maximum atomic E-state index is 14.8. The van der Waals surface area contributed by atoms with Crippen LogP contribution in [0.4, 0.5) is 52.0 Å². The van der Waals surface area contributed by atoms with Gasteiger partial charge < -0.3 is 20.3 Å². The number of anilines is 3. The van der Waals surface area contributed by atoms with Crippen molar-refractivity contribution >= 4 is 45.8 Å². The van der Waals surface area contributed by atoms with Gasteiger partial charge in [-0.2, -0.15) is 18.3 Å². The van der Waals surface area contributed by atoms with E-state index in [1.54, 1.807) is 20.8 Å². The topological polar surface area (TPSA) is 130 Å². The van der Waals surface area contributed by atoms with E-state index in [1.165, 1.54) is 28.1 Å². The highest BCUT2D eigenvalue weighted by Gasteiger charge is 2.47. The molecule has 1 atom stereocenters. The van der Waals surface area contributed by atoms with Gasteiger partial charge in [0.05, 0.1) is 17.8 Å². The minimum Gasteiger partial charge on any atom is -0.444 e. The summed E-state index contributed by atoms with van der Waals surface area (Å²) in [5, 5.41) is 9.73. The van der Waals surface area contributed by atoms with Crippen LogP contribution in [-0.2, 0) is 16.6 Å². The van der Waals surface area contributed by atoms with Crippen LogP contribution in [0.1, 0.15) is 44.1 Å². The molecule has 11 nitrogen and oxygen atoms in total. The van der Waals surface area contributed by atoms with Crippen molar-refractivity contribution in [1.29, 1.82) is 0 Å². The Morgan fingerprint density at radius 3 is 2.33 bits per heavy atom. The van der Waals surface area contributed by atoms with E-state index in [4.69, 9.17) is 4.74 Å². The molecule has 1 fully saturated rings. The van der Waals surface area contributed by atoms with Crippen molar-refractivity contribution in [3.05, 3.63) is 41.7 Å². The molecule has 3 heterocycles. The summed E-state index contributed by atoms with van der Waals surface area (Å²) in [6.45, 7) is 4.10. The summed E-state index contributed by atoms with van der Waals surface area (Å²) >= 11 is 0.588. The number of carbonyl (C=O) groups excluding carboxylic acids is 3. The Bertz CT molecular complexity index is 1610. The van der Waals surface area contributed by atoms with Crippen LogP contribution >= 0.6 is 11.3 Å². The standard InChI is InChI=1S/C27H28F7N7O4S/c1-25(2,3)45-24(44)39-21-18(38-20(46-21)17-13(28)6-5-7-14(17)29)19(42)36-15-12-35-40(4)22(15)41-10-8-16(26(30,31)9-11-41)37-23(43)27(32,33)34/h5-7,12,16H,8-11H2,1-4H3,(H,36,42)(H,37,43)(H,39,44). The van der Waals surface area contributed by atoms with E-state index in [9.17, 15) is 45.1 Å². The number of ether oxygens (including phenoxy) is 1. The van der Waals surface area contributed by atoms with Crippen molar-refractivity contribution in [3.8, 4) is 10.6 Å². The highest BCUT2D eigenvalue weighted by molar-refractivity contribution is 7.19. The summed E-state index contributed by atoms with van der Waals surface area (Å²) in [5.41, 5.74) is -2.01. The Hall–Kier alpha value is -4.42. The van der Waals surface area contributed by atoms with E-state index in [2.05, 4.69) is 20.7 Å². The Kier molecular flexibility index (Phi) is 9.56. The molecule has 1 aliphatic rings. The summed E-state index contributed by atoms with van der Waals surface area (Å²) in [4.78, 5) is 42.8. The van der Waals surface area contributed by atoms with E-state index in [-0.39, 0.29) is 28.1 Å². The first-order chi connectivity index (χ1) is 21.3. The number of hydrogen-bond acceptors (Lipinski definition) is 8. The first kappa shape index (κ1) is 34.5. The Morgan fingerprint density at radius 2 is 1.72 bits per heavy atom. The van der Waals surface area contributed by atoms with E-state index in [1.807, 2.05) is 0 Å². The lowest BCUT2D eigenvalue weighted by Gasteiger charge is -2.25. The summed E-state index contributed by atoms with van der Waals surface area (Å²) in [6.07, 6.45) is -6.70. The molecule has 1 aliphatic heterocycles. The Morgan fingerprint density at radius 1 is 1.07 bits per heavy atom. The molecule has 0 spiro atoms. The quantitative estimate of drug-likeness (QED) is 0.285. The third-order valence-electron chi connectivity index (χ3n) is 6.56. The highest BCUT2D eigenvalue weighted by Crippen LogP contribution is 2.37. The highest BCUT2D eigenvalue weighted by atomic mass is 32.1. The summed E-state index contributed by atoms with van der Waals surface area (Å²) < 4.78 is 103. The van der Waals surface area contributed by atoms with Crippen LogP contribution in [0.5, 0.6) is 0 Å². The van der Waals surface area contributed by atoms with Gasteiger partial charge in [0.15, 0.2) is 11.5 Å². The lowest BCUT2D eigenvalue weighted by molar-refractivity contribution is -0.177. The molecule has 19 heteroatoms. The van der Waals surface area contributed by atoms with E-state index in [0.717, 1.165) is 18.2 Å². The zero-order valence-corrected chi connectivity index (χ0v) is 25.5. The van der Waals surface area contributed by atoms with Gasteiger partial charge in [0.1, 0.15) is 32.9 Å². The number of halogens is 7. The molecule has 4 rings (SSSR count). The average Bonchev–Trinajstić information content (AvgIpc) is 3.44.